The molecule has 3 aromatic rings. The SMILES string of the molecule is Cc1nc2ccc(C(=O)N/N=C/c3ccccn3)cc2[nH]1. The minimum atomic E-state index is -0.281. The van der Waals surface area contributed by atoms with Crippen molar-refractivity contribution < 1.29 is 4.79 Å². The van der Waals surface area contributed by atoms with Gasteiger partial charge in [0.2, 0.25) is 0 Å². The van der Waals surface area contributed by atoms with Gasteiger partial charge in [-0.3, -0.25) is 9.78 Å². The van der Waals surface area contributed by atoms with Gasteiger partial charge in [0.25, 0.3) is 5.91 Å². The molecule has 0 aliphatic rings. The Labute approximate surface area is 120 Å². The number of benzene rings is 1. The third-order valence-corrected chi connectivity index (χ3v) is 2.91. The van der Waals surface area contributed by atoms with E-state index in [-0.39, 0.29) is 5.91 Å². The molecule has 0 fully saturated rings. The van der Waals surface area contributed by atoms with E-state index in [1.165, 1.54) is 6.21 Å². The van der Waals surface area contributed by atoms with Gasteiger partial charge in [0.15, 0.2) is 0 Å². The second-order valence-corrected chi connectivity index (χ2v) is 4.51. The van der Waals surface area contributed by atoms with Crippen LogP contribution in [0.4, 0.5) is 0 Å². The first-order valence-electron chi connectivity index (χ1n) is 6.43. The maximum absolute atomic E-state index is 12.0. The van der Waals surface area contributed by atoms with Crippen molar-refractivity contribution in [1.82, 2.24) is 20.4 Å². The fraction of sp³-hybridized carbons (Fsp3) is 0.0667. The van der Waals surface area contributed by atoms with Crippen LogP contribution in [0, 0.1) is 6.92 Å². The zero-order valence-corrected chi connectivity index (χ0v) is 11.4. The number of aromatic nitrogens is 3. The molecule has 0 bridgehead atoms. The summed E-state index contributed by atoms with van der Waals surface area (Å²) < 4.78 is 0. The number of carbonyl (C=O) groups is 1. The van der Waals surface area contributed by atoms with Gasteiger partial charge in [-0.1, -0.05) is 6.07 Å². The lowest BCUT2D eigenvalue weighted by molar-refractivity contribution is 0.0955. The van der Waals surface area contributed by atoms with Crippen LogP contribution < -0.4 is 5.43 Å². The van der Waals surface area contributed by atoms with Crippen molar-refractivity contribution in [2.75, 3.05) is 0 Å². The maximum atomic E-state index is 12.0. The summed E-state index contributed by atoms with van der Waals surface area (Å²) in [7, 11) is 0. The summed E-state index contributed by atoms with van der Waals surface area (Å²) in [6.07, 6.45) is 3.16. The van der Waals surface area contributed by atoms with Gasteiger partial charge >= 0.3 is 0 Å². The van der Waals surface area contributed by atoms with E-state index in [0.29, 0.717) is 11.3 Å². The molecule has 0 aliphatic heterocycles. The molecule has 0 aliphatic carbocycles. The molecular weight excluding hydrogens is 266 g/mol. The molecule has 2 N–H and O–H groups in total. The average molecular weight is 279 g/mol. The number of amides is 1. The van der Waals surface area contributed by atoms with Crippen molar-refractivity contribution in [2.45, 2.75) is 6.92 Å². The number of H-pyrrole nitrogens is 1. The van der Waals surface area contributed by atoms with Crippen LogP contribution in [-0.4, -0.2) is 27.1 Å². The van der Waals surface area contributed by atoms with E-state index in [1.807, 2.05) is 19.1 Å². The molecule has 2 heterocycles. The molecule has 3 rings (SSSR count). The lowest BCUT2D eigenvalue weighted by Crippen LogP contribution is -2.17. The fourth-order valence-electron chi connectivity index (χ4n) is 1.95. The van der Waals surface area contributed by atoms with Crippen molar-refractivity contribution in [3.05, 3.63) is 59.7 Å². The smallest absolute Gasteiger partial charge is 0.271 e. The highest BCUT2D eigenvalue weighted by molar-refractivity contribution is 5.97. The Kier molecular flexibility index (Phi) is 3.42. The quantitative estimate of drug-likeness (QED) is 0.568. The molecular formula is C15H13N5O. The van der Waals surface area contributed by atoms with Crippen molar-refractivity contribution in [3.8, 4) is 0 Å². The average Bonchev–Trinajstić information content (AvgIpc) is 2.87. The molecule has 1 aromatic carbocycles. The van der Waals surface area contributed by atoms with E-state index in [4.69, 9.17) is 0 Å². The highest BCUT2D eigenvalue weighted by atomic mass is 16.2. The Bertz CT molecular complexity index is 807. The molecule has 6 nitrogen and oxygen atoms in total. The van der Waals surface area contributed by atoms with E-state index in [2.05, 4.69) is 25.5 Å². The summed E-state index contributed by atoms with van der Waals surface area (Å²) in [5.74, 6) is 0.534. The van der Waals surface area contributed by atoms with Gasteiger partial charge in [0.05, 0.1) is 22.9 Å². The van der Waals surface area contributed by atoms with Crippen molar-refractivity contribution in [3.63, 3.8) is 0 Å². The summed E-state index contributed by atoms with van der Waals surface area (Å²) in [5.41, 5.74) is 5.33. The first-order valence-corrected chi connectivity index (χ1v) is 6.43. The molecule has 0 saturated carbocycles. The largest absolute Gasteiger partial charge is 0.342 e. The van der Waals surface area contributed by atoms with E-state index in [1.54, 1.807) is 30.5 Å². The third-order valence-electron chi connectivity index (χ3n) is 2.91. The second-order valence-electron chi connectivity index (χ2n) is 4.51. The number of nitrogens with zero attached hydrogens (tertiary/aromatic N) is 3. The Morgan fingerprint density at radius 3 is 3.05 bits per heavy atom. The van der Waals surface area contributed by atoms with Crippen LogP contribution in [0.1, 0.15) is 21.9 Å². The van der Waals surface area contributed by atoms with E-state index in [9.17, 15) is 4.79 Å². The normalized spacial score (nSPS) is 11.1. The Balaban J connectivity index is 1.73. The minimum absolute atomic E-state index is 0.281. The van der Waals surface area contributed by atoms with Crippen molar-refractivity contribution in [1.29, 1.82) is 0 Å². The number of imidazole rings is 1. The van der Waals surface area contributed by atoms with Crippen molar-refractivity contribution in [2.24, 2.45) is 5.10 Å². The highest BCUT2D eigenvalue weighted by Crippen LogP contribution is 2.13. The predicted molar refractivity (Wildman–Crippen MR) is 80.1 cm³/mol. The molecule has 0 saturated heterocycles. The van der Waals surface area contributed by atoms with Crippen LogP contribution in [-0.2, 0) is 0 Å². The van der Waals surface area contributed by atoms with Crippen molar-refractivity contribution >= 4 is 23.2 Å². The summed E-state index contributed by atoms with van der Waals surface area (Å²) >= 11 is 0. The Morgan fingerprint density at radius 1 is 1.33 bits per heavy atom. The Morgan fingerprint density at radius 2 is 2.24 bits per heavy atom. The number of pyridine rings is 1. The zero-order valence-electron chi connectivity index (χ0n) is 11.4. The monoisotopic (exact) mass is 279 g/mol. The van der Waals surface area contributed by atoms with Gasteiger partial charge in [-0.15, -0.1) is 0 Å². The van der Waals surface area contributed by atoms with Gasteiger partial charge < -0.3 is 4.98 Å². The highest BCUT2D eigenvalue weighted by Gasteiger charge is 2.07. The number of aromatic amines is 1. The van der Waals surface area contributed by atoms with E-state index < -0.39 is 0 Å². The van der Waals surface area contributed by atoms with Crippen LogP contribution in [0.2, 0.25) is 0 Å². The van der Waals surface area contributed by atoms with Gasteiger partial charge in [-0.05, 0) is 37.3 Å². The second kappa shape index (κ2) is 5.54. The van der Waals surface area contributed by atoms with Gasteiger partial charge in [-0.25, -0.2) is 10.4 Å². The Hall–Kier alpha value is -3.02. The van der Waals surface area contributed by atoms with Crippen LogP contribution in [0.25, 0.3) is 11.0 Å². The summed E-state index contributed by atoms with van der Waals surface area (Å²) in [5, 5.41) is 3.89. The summed E-state index contributed by atoms with van der Waals surface area (Å²) in [6, 6.07) is 10.7. The predicted octanol–water partition coefficient (Wildman–Crippen LogP) is 2.03. The van der Waals surface area contributed by atoms with Crippen LogP contribution in [0.3, 0.4) is 0 Å². The van der Waals surface area contributed by atoms with Crippen LogP contribution in [0.15, 0.2) is 47.7 Å². The first-order chi connectivity index (χ1) is 10.2. The first kappa shape index (κ1) is 13.0. The minimum Gasteiger partial charge on any atom is -0.342 e. The number of carbonyl (C=O) groups excluding carboxylic acids is 1. The molecule has 6 heteroatoms. The number of nitrogens with one attached hydrogen (secondary N) is 2. The van der Waals surface area contributed by atoms with E-state index in [0.717, 1.165) is 16.9 Å². The fourth-order valence-corrected chi connectivity index (χ4v) is 1.95. The molecule has 0 radical (unpaired) electrons. The number of hydrogen-bond acceptors (Lipinski definition) is 4. The van der Waals surface area contributed by atoms with Crippen LogP contribution in [0.5, 0.6) is 0 Å². The summed E-state index contributed by atoms with van der Waals surface area (Å²) in [6.45, 7) is 1.87. The lowest BCUT2D eigenvalue weighted by atomic mass is 10.2. The van der Waals surface area contributed by atoms with Gasteiger partial charge in [0, 0.05) is 11.8 Å². The molecule has 0 unspecified atom stereocenters. The maximum Gasteiger partial charge on any atom is 0.271 e. The van der Waals surface area contributed by atoms with Gasteiger partial charge in [-0.2, -0.15) is 5.10 Å². The van der Waals surface area contributed by atoms with Gasteiger partial charge in [0.1, 0.15) is 5.82 Å². The zero-order chi connectivity index (χ0) is 14.7. The lowest BCUT2D eigenvalue weighted by Gasteiger charge is -1.99. The summed E-state index contributed by atoms with van der Waals surface area (Å²) in [4.78, 5) is 23.5. The molecule has 0 atom stereocenters. The molecule has 1 amide bonds. The molecule has 2 aromatic heterocycles. The standard InChI is InChI=1S/C15H13N5O/c1-10-18-13-6-5-11(8-14(13)19-10)15(21)20-17-9-12-4-2-3-7-16-12/h2-9H,1H3,(H,18,19)(H,20,21)/b17-9+. The topological polar surface area (TPSA) is 83.0 Å². The number of aryl methyl sites for hydroxylation is 1. The third kappa shape index (κ3) is 2.94. The number of rotatable bonds is 3. The van der Waals surface area contributed by atoms with E-state index >= 15 is 0 Å². The molecule has 21 heavy (non-hydrogen) atoms. The number of hydrazone groups is 1. The van der Waals surface area contributed by atoms with Crippen LogP contribution >= 0.6 is 0 Å². The molecule has 0 spiro atoms. The molecule has 104 valence electrons. The number of fused-ring (bicyclic) bond motifs is 1. The number of hydrogen-bond donors (Lipinski definition) is 2.